The lowest BCUT2D eigenvalue weighted by atomic mass is 9.98. The minimum absolute atomic E-state index is 0.0317. The zero-order valence-corrected chi connectivity index (χ0v) is 11.9. The molecule has 0 saturated heterocycles. The summed E-state index contributed by atoms with van der Waals surface area (Å²) >= 11 is 0. The van der Waals surface area contributed by atoms with Gasteiger partial charge in [0.1, 0.15) is 12.2 Å². The van der Waals surface area contributed by atoms with Gasteiger partial charge in [-0.15, -0.1) is 0 Å². The van der Waals surface area contributed by atoms with E-state index in [0.29, 0.717) is 5.92 Å². The first kappa shape index (κ1) is 13.7. The normalized spacial score (nSPS) is 12.9. The fourth-order valence-corrected chi connectivity index (χ4v) is 2.15. The van der Waals surface area contributed by atoms with Crippen LogP contribution in [0.5, 0.6) is 0 Å². The lowest BCUT2D eigenvalue weighted by molar-refractivity contribution is 0.581. The van der Waals surface area contributed by atoms with Crippen molar-refractivity contribution in [2.45, 2.75) is 45.7 Å². The Kier molecular flexibility index (Phi) is 4.32. The summed E-state index contributed by atoms with van der Waals surface area (Å²) in [6.07, 6.45) is 2.31. The summed E-state index contributed by atoms with van der Waals surface area (Å²) in [5.41, 5.74) is 8.74. The first-order chi connectivity index (χ1) is 9.11. The molecule has 0 radical (unpaired) electrons. The minimum atomic E-state index is -0.0317. The molecular weight excluding hydrogens is 236 g/mol. The van der Waals surface area contributed by atoms with Crippen LogP contribution in [0.15, 0.2) is 30.6 Å². The van der Waals surface area contributed by atoms with Gasteiger partial charge in [0.05, 0.1) is 0 Å². The van der Waals surface area contributed by atoms with Crippen molar-refractivity contribution in [3.63, 3.8) is 0 Å². The van der Waals surface area contributed by atoms with Crippen LogP contribution in [0.4, 0.5) is 0 Å². The molecule has 19 heavy (non-hydrogen) atoms. The minimum Gasteiger partial charge on any atom is -0.324 e. The van der Waals surface area contributed by atoms with E-state index >= 15 is 0 Å². The molecule has 2 rings (SSSR count). The lowest BCUT2D eigenvalue weighted by Gasteiger charge is -2.13. The van der Waals surface area contributed by atoms with Gasteiger partial charge in [0.25, 0.3) is 0 Å². The molecular formula is C15H22N4. The zero-order chi connectivity index (χ0) is 13.8. The van der Waals surface area contributed by atoms with Crippen molar-refractivity contribution in [2.75, 3.05) is 0 Å². The van der Waals surface area contributed by atoms with Gasteiger partial charge in [-0.25, -0.2) is 4.98 Å². The predicted octanol–water partition coefficient (Wildman–Crippen LogP) is 2.66. The Morgan fingerprint density at radius 1 is 1.16 bits per heavy atom. The average Bonchev–Trinajstić information content (AvgIpc) is 2.86. The second-order valence-corrected chi connectivity index (χ2v) is 5.12. The number of hydrogen-bond donors (Lipinski definition) is 1. The van der Waals surface area contributed by atoms with Crippen molar-refractivity contribution in [2.24, 2.45) is 5.73 Å². The number of benzene rings is 1. The summed E-state index contributed by atoms with van der Waals surface area (Å²) in [6, 6.07) is 8.52. The summed E-state index contributed by atoms with van der Waals surface area (Å²) in [7, 11) is 0. The van der Waals surface area contributed by atoms with Crippen molar-refractivity contribution in [3.8, 4) is 0 Å². The van der Waals surface area contributed by atoms with Crippen molar-refractivity contribution in [1.29, 1.82) is 0 Å². The Balaban J connectivity index is 2.09. The SMILES string of the molecule is CCn1ncnc1CC(N)c1ccc(C(C)C)cc1. The topological polar surface area (TPSA) is 56.7 Å². The van der Waals surface area contributed by atoms with Crippen LogP contribution in [0.2, 0.25) is 0 Å². The molecule has 0 amide bonds. The number of aryl methyl sites for hydroxylation is 1. The molecule has 1 aromatic heterocycles. The summed E-state index contributed by atoms with van der Waals surface area (Å²) in [4.78, 5) is 4.27. The molecule has 1 heterocycles. The van der Waals surface area contributed by atoms with Crippen LogP contribution in [0.3, 0.4) is 0 Å². The molecule has 0 bridgehead atoms. The smallest absolute Gasteiger partial charge is 0.138 e. The van der Waals surface area contributed by atoms with Gasteiger partial charge in [-0.3, -0.25) is 4.68 Å². The van der Waals surface area contributed by atoms with Gasteiger partial charge in [0.2, 0.25) is 0 Å². The number of aromatic nitrogens is 3. The number of hydrogen-bond acceptors (Lipinski definition) is 3. The van der Waals surface area contributed by atoms with Crippen LogP contribution in [0, 0.1) is 0 Å². The highest BCUT2D eigenvalue weighted by molar-refractivity contribution is 5.27. The van der Waals surface area contributed by atoms with Crippen LogP contribution >= 0.6 is 0 Å². The quantitative estimate of drug-likeness (QED) is 0.897. The van der Waals surface area contributed by atoms with Crippen molar-refractivity contribution in [1.82, 2.24) is 14.8 Å². The van der Waals surface area contributed by atoms with E-state index in [1.54, 1.807) is 6.33 Å². The highest BCUT2D eigenvalue weighted by Crippen LogP contribution is 2.19. The molecule has 0 aliphatic rings. The van der Waals surface area contributed by atoms with Crippen LogP contribution < -0.4 is 5.73 Å². The third-order valence-corrected chi connectivity index (χ3v) is 3.43. The van der Waals surface area contributed by atoms with Gasteiger partial charge in [-0.1, -0.05) is 38.1 Å². The molecule has 0 aliphatic heterocycles. The first-order valence-corrected chi connectivity index (χ1v) is 6.84. The number of rotatable bonds is 5. The van der Waals surface area contributed by atoms with Gasteiger partial charge in [-0.2, -0.15) is 5.10 Å². The molecule has 4 nitrogen and oxygen atoms in total. The molecule has 2 N–H and O–H groups in total. The molecule has 0 fully saturated rings. The van der Waals surface area contributed by atoms with Gasteiger partial charge < -0.3 is 5.73 Å². The highest BCUT2D eigenvalue weighted by Gasteiger charge is 2.11. The van der Waals surface area contributed by atoms with Crippen LogP contribution in [0.25, 0.3) is 0 Å². The summed E-state index contributed by atoms with van der Waals surface area (Å²) in [5, 5.41) is 4.17. The van der Waals surface area contributed by atoms with Gasteiger partial charge >= 0.3 is 0 Å². The van der Waals surface area contributed by atoms with E-state index in [2.05, 4.69) is 55.1 Å². The van der Waals surface area contributed by atoms with E-state index in [9.17, 15) is 0 Å². The van der Waals surface area contributed by atoms with E-state index in [1.165, 1.54) is 5.56 Å². The van der Waals surface area contributed by atoms with E-state index < -0.39 is 0 Å². The fraction of sp³-hybridized carbons (Fsp3) is 0.467. The summed E-state index contributed by atoms with van der Waals surface area (Å²) in [6.45, 7) is 7.27. The van der Waals surface area contributed by atoms with E-state index in [4.69, 9.17) is 5.73 Å². The van der Waals surface area contributed by atoms with Crippen molar-refractivity contribution in [3.05, 3.63) is 47.5 Å². The predicted molar refractivity (Wildman–Crippen MR) is 76.9 cm³/mol. The molecule has 102 valence electrons. The maximum Gasteiger partial charge on any atom is 0.138 e. The second-order valence-electron chi connectivity index (χ2n) is 5.12. The van der Waals surface area contributed by atoms with Gasteiger partial charge in [0, 0.05) is 19.0 Å². The van der Waals surface area contributed by atoms with Gasteiger partial charge in [0.15, 0.2) is 0 Å². The molecule has 1 atom stereocenters. The average molecular weight is 258 g/mol. The molecule has 2 aromatic rings. The Morgan fingerprint density at radius 2 is 1.79 bits per heavy atom. The summed E-state index contributed by atoms with van der Waals surface area (Å²) < 4.78 is 1.89. The van der Waals surface area contributed by atoms with Crippen LogP contribution in [-0.2, 0) is 13.0 Å². The largest absolute Gasteiger partial charge is 0.324 e. The van der Waals surface area contributed by atoms with E-state index in [0.717, 1.165) is 24.4 Å². The highest BCUT2D eigenvalue weighted by atomic mass is 15.3. The first-order valence-electron chi connectivity index (χ1n) is 6.84. The molecule has 1 aromatic carbocycles. The summed E-state index contributed by atoms with van der Waals surface area (Å²) in [5.74, 6) is 1.50. The molecule has 1 unspecified atom stereocenters. The van der Waals surface area contributed by atoms with Crippen molar-refractivity contribution >= 4 is 0 Å². The Labute approximate surface area is 114 Å². The third-order valence-electron chi connectivity index (χ3n) is 3.43. The molecule has 4 heteroatoms. The molecule has 0 saturated carbocycles. The lowest BCUT2D eigenvalue weighted by Crippen LogP contribution is -2.17. The van der Waals surface area contributed by atoms with Crippen molar-refractivity contribution < 1.29 is 0 Å². The number of nitrogens with two attached hydrogens (primary N) is 1. The Morgan fingerprint density at radius 3 is 2.37 bits per heavy atom. The Hall–Kier alpha value is -1.68. The maximum absolute atomic E-state index is 6.25. The Bertz CT molecular complexity index is 513. The van der Waals surface area contributed by atoms with E-state index in [1.807, 2.05) is 4.68 Å². The second kappa shape index (κ2) is 5.97. The monoisotopic (exact) mass is 258 g/mol. The van der Waals surface area contributed by atoms with E-state index in [-0.39, 0.29) is 6.04 Å². The molecule has 0 spiro atoms. The van der Waals surface area contributed by atoms with Crippen LogP contribution in [0.1, 0.15) is 49.7 Å². The fourth-order valence-electron chi connectivity index (χ4n) is 2.15. The van der Waals surface area contributed by atoms with Gasteiger partial charge in [-0.05, 0) is 24.0 Å². The third kappa shape index (κ3) is 3.20. The standard InChI is InChI=1S/C15H22N4/c1-4-19-15(17-10-18-19)9-14(16)13-7-5-12(6-8-13)11(2)3/h5-8,10-11,14H,4,9,16H2,1-3H3. The zero-order valence-electron chi connectivity index (χ0n) is 11.9. The maximum atomic E-state index is 6.25. The van der Waals surface area contributed by atoms with Crippen LogP contribution in [-0.4, -0.2) is 14.8 Å². The molecule has 0 aliphatic carbocycles. The number of nitrogens with zero attached hydrogens (tertiary/aromatic N) is 3.